The van der Waals surface area contributed by atoms with E-state index in [1.807, 2.05) is 0 Å². The fourth-order valence-corrected chi connectivity index (χ4v) is 3.02. The van der Waals surface area contributed by atoms with Gasteiger partial charge in [0.25, 0.3) is 0 Å². The summed E-state index contributed by atoms with van der Waals surface area (Å²) in [7, 11) is 0. The highest BCUT2D eigenvalue weighted by Crippen LogP contribution is 2.16. The Hall–Kier alpha value is -1.43. The second-order valence-corrected chi connectivity index (χ2v) is 6.20. The maximum Gasteiger partial charge on any atom is 0.236 e. The van der Waals surface area contributed by atoms with Crippen molar-refractivity contribution in [2.45, 2.75) is 18.2 Å². The second-order valence-electron chi connectivity index (χ2n) is 5.09. The molecule has 4 nitrogen and oxygen atoms in total. The quantitative estimate of drug-likeness (QED) is 0.775. The molecule has 0 aromatic heterocycles. The third-order valence-corrected chi connectivity index (χ3v) is 4.38. The first-order valence-corrected chi connectivity index (χ1v) is 7.82. The lowest BCUT2D eigenvalue weighted by Gasteiger charge is -2.35. The van der Waals surface area contributed by atoms with Crippen LogP contribution in [0.5, 0.6) is 0 Å². The largest absolute Gasteiger partial charge is 0.339 e. The van der Waals surface area contributed by atoms with Crippen molar-refractivity contribution in [2.75, 3.05) is 26.2 Å². The molecule has 2 amide bonds. The summed E-state index contributed by atoms with van der Waals surface area (Å²) in [6, 6.07) is 6.47. The summed E-state index contributed by atoms with van der Waals surface area (Å²) < 4.78 is 13.6. The van der Waals surface area contributed by atoms with Crippen LogP contribution in [0.3, 0.4) is 0 Å². The van der Waals surface area contributed by atoms with Crippen molar-refractivity contribution in [3.63, 3.8) is 0 Å². The van der Waals surface area contributed by atoms with Gasteiger partial charge >= 0.3 is 0 Å². The molecule has 1 atom stereocenters. The Bertz CT molecular complexity index is 530. The molecule has 1 heterocycles. The Balaban J connectivity index is 1.92. The molecule has 1 fully saturated rings. The smallest absolute Gasteiger partial charge is 0.236 e. The van der Waals surface area contributed by atoms with Gasteiger partial charge in [0.1, 0.15) is 5.82 Å². The average molecular weight is 357 g/mol. The van der Waals surface area contributed by atoms with E-state index in [0.717, 1.165) is 0 Å². The number of alkyl halides is 1. The van der Waals surface area contributed by atoms with Gasteiger partial charge in [-0.25, -0.2) is 4.39 Å². The van der Waals surface area contributed by atoms with Crippen molar-refractivity contribution < 1.29 is 14.0 Å². The van der Waals surface area contributed by atoms with Gasteiger partial charge in [0.05, 0.1) is 4.83 Å². The number of carbonyl (C=O) groups is 2. The summed E-state index contributed by atoms with van der Waals surface area (Å²) in [6.45, 7) is 3.69. The summed E-state index contributed by atoms with van der Waals surface area (Å²) >= 11 is 3.36. The number of carbonyl (C=O) groups excluding carboxylic acids is 2. The van der Waals surface area contributed by atoms with Gasteiger partial charge < -0.3 is 9.80 Å². The van der Waals surface area contributed by atoms with E-state index in [9.17, 15) is 14.0 Å². The summed E-state index contributed by atoms with van der Waals surface area (Å²) in [4.78, 5) is 26.6. The number of rotatable bonds is 3. The molecule has 1 aliphatic rings. The van der Waals surface area contributed by atoms with Crippen molar-refractivity contribution in [1.29, 1.82) is 0 Å². The minimum absolute atomic E-state index is 0.0313. The Morgan fingerprint density at radius 1 is 1.19 bits per heavy atom. The molecular weight excluding hydrogens is 339 g/mol. The Kier molecular flexibility index (Phi) is 5.33. The maximum absolute atomic E-state index is 13.6. The number of hydrogen-bond donors (Lipinski definition) is 0. The van der Waals surface area contributed by atoms with Gasteiger partial charge in [0.2, 0.25) is 11.8 Å². The first kappa shape index (κ1) is 15.9. The summed E-state index contributed by atoms with van der Waals surface area (Å²) in [6.07, 6.45) is 0.318. The maximum atomic E-state index is 13.6. The van der Waals surface area contributed by atoms with Gasteiger partial charge in [0.15, 0.2) is 0 Å². The average Bonchev–Trinajstić information content (AvgIpc) is 2.49. The zero-order valence-corrected chi connectivity index (χ0v) is 13.5. The van der Waals surface area contributed by atoms with E-state index in [4.69, 9.17) is 0 Å². The Morgan fingerprint density at radius 3 is 2.33 bits per heavy atom. The molecule has 1 aromatic rings. The van der Waals surface area contributed by atoms with Crippen LogP contribution in [0, 0.1) is 5.82 Å². The van der Waals surface area contributed by atoms with Crippen LogP contribution in [0.25, 0.3) is 0 Å². The topological polar surface area (TPSA) is 40.6 Å². The lowest BCUT2D eigenvalue weighted by molar-refractivity contribution is -0.137. The monoisotopic (exact) mass is 356 g/mol. The van der Waals surface area contributed by atoms with Crippen molar-refractivity contribution in [3.8, 4) is 0 Å². The zero-order valence-electron chi connectivity index (χ0n) is 11.9. The first-order valence-electron chi connectivity index (χ1n) is 6.91. The lowest BCUT2D eigenvalue weighted by Crippen LogP contribution is -2.52. The van der Waals surface area contributed by atoms with Crippen molar-refractivity contribution in [1.82, 2.24) is 9.80 Å². The molecule has 0 N–H and O–H groups in total. The molecule has 2 rings (SSSR count). The molecule has 1 saturated heterocycles. The molecule has 0 spiro atoms. The van der Waals surface area contributed by atoms with E-state index >= 15 is 0 Å². The minimum Gasteiger partial charge on any atom is -0.339 e. The predicted octanol–water partition coefficient (Wildman–Crippen LogP) is 1.82. The molecule has 0 radical (unpaired) electrons. The summed E-state index contributed by atoms with van der Waals surface area (Å²) in [5.41, 5.74) is 0.523. The van der Waals surface area contributed by atoms with Gasteiger partial charge in [-0.1, -0.05) is 34.1 Å². The molecule has 0 aliphatic carbocycles. The second kappa shape index (κ2) is 7.02. The van der Waals surface area contributed by atoms with Gasteiger partial charge in [-0.05, 0) is 18.1 Å². The highest BCUT2D eigenvalue weighted by atomic mass is 79.9. The fraction of sp³-hybridized carbons (Fsp3) is 0.467. The van der Waals surface area contributed by atoms with E-state index < -0.39 is 4.83 Å². The number of hydrogen-bond acceptors (Lipinski definition) is 2. The molecule has 114 valence electrons. The number of benzene rings is 1. The van der Waals surface area contributed by atoms with Gasteiger partial charge in [0, 0.05) is 33.1 Å². The molecule has 21 heavy (non-hydrogen) atoms. The Labute approximate surface area is 132 Å². The molecule has 1 aromatic carbocycles. The Morgan fingerprint density at radius 2 is 1.76 bits per heavy atom. The normalized spacial score (nSPS) is 16.7. The van der Waals surface area contributed by atoms with Crippen LogP contribution in [0.2, 0.25) is 0 Å². The molecule has 0 saturated carbocycles. The minimum atomic E-state index is -0.446. The molecular formula is C15H18BrFN2O2. The molecule has 1 aliphatic heterocycles. The SMILES string of the molecule is CC(=O)N1CCN(C(=O)C(Br)Cc2ccccc2F)CC1. The van der Waals surface area contributed by atoms with E-state index in [0.29, 0.717) is 38.2 Å². The van der Waals surface area contributed by atoms with Crippen LogP contribution in [-0.4, -0.2) is 52.6 Å². The van der Waals surface area contributed by atoms with Crippen LogP contribution < -0.4 is 0 Å². The van der Waals surface area contributed by atoms with Crippen LogP contribution in [-0.2, 0) is 16.0 Å². The standard InChI is InChI=1S/C15H18BrFN2O2/c1-11(20)18-6-8-19(9-7-18)15(21)13(16)10-12-4-2-3-5-14(12)17/h2-5,13H,6-10H2,1H3. The van der Waals surface area contributed by atoms with Crippen LogP contribution in [0.1, 0.15) is 12.5 Å². The van der Waals surface area contributed by atoms with E-state index in [1.54, 1.807) is 28.0 Å². The van der Waals surface area contributed by atoms with Crippen LogP contribution in [0.15, 0.2) is 24.3 Å². The van der Waals surface area contributed by atoms with Gasteiger partial charge in [-0.2, -0.15) is 0 Å². The van der Waals surface area contributed by atoms with Gasteiger partial charge in [-0.3, -0.25) is 9.59 Å². The van der Waals surface area contributed by atoms with Gasteiger partial charge in [-0.15, -0.1) is 0 Å². The highest BCUT2D eigenvalue weighted by Gasteiger charge is 2.27. The number of piperazine rings is 1. The predicted molar refractivity (Wildman–Crippen MR) is 81.7 cm³/mol. The molecule has 1 unspecified atom stereocenters. The zero-order chi connectivity index (χ0) is 15.4. The number of nitrogens with zero attached hydrogens (tertiary/aromatic N) is 2. The van der Waals surface area contributed by atoms with E-state index in [-0.39, 0.29) is 17.6 Å². The third kappa shape index (κ3) is 4.03. The number of amides is 2. The van der Waals surface area contributed by atoms with Crippen LogP contribution in [0.4, 0.5) is 4.39 Å². The lowest BCUT2D eigenvalue weighted by atomic mass is 10.1. The molecule has 6 heteroatoms. The summed E-state index contributed by atoms with van der Waals surface area (Å²) in [5.74, 6) is -0.318. The van der Waals surface area contributed by atoms with E-state index in [1.165, 1.54) is 13.0 Å². The number of halogens is 2. The van der Waals surface area contributed by atoms with Crippen molar-refractivity contribution in [2.24, 2.45) is 0 Å². The summed E-state index contributed by atoms with van der Waals surface area (Å²) in [5, 5.41) is 0. The van der Waals surface area contributed by atoms with E-state index in [2.05, 4.69) is 15.9 Å². The molecule has 0 bridgehead atoms. The highest BCUT2D eigenvalue weighted by molar-refractivity contribution is 9.10. The first-order chi connectivity index (χ1) is 9.99. The van der Waals surface area contributed by atoms with Crippen molar-refractivity contribution >= 4 is 27.7 Å². The van der Waals surface area contributed by atoms with Crippen LogP contribution >= 0.6 is 15.9 Å². The fourth-order valence-electron chi connectivity index (χ4n) is 2.38. The van der Waals surface area contributed by atoms with Crippen molar-refractivity contribution in [3.05, 3.63) is 35.6 Å². The third-order valence-electron chi connectivity index (χ3n) is 3.66.